The highest BCUT2D eigenvalue weighted by molar-refractivity contribution is 5.87. The highest BCUT2D eigenvalue weighted by Gasteiger charge is 2.66. The molecule has 0 heterocycles. The molecule has 6 heteroatoms. The number of hydrogen-bond acceptors (Lipinski definition) is 4. The summed E-state index contributed by atoms with van der Waals surface area (Å²) < 4.78 is 10.7. The minimum absolute atomic E-state index is 0.196. The van der Waals surface area contributed by atoms with Crippen LogP contribution in [0.4, 0.5) is 4.79 Å². The van der Waals surface area contributed by atoms with E-state index in [-0.39, 0.29) is 12.5 Å². The third-order valence-electron chi connectivity index (χ3n) is 3.84. The molecule has 0 saturated heterocycles. The first-order valence-electron chi connectivity index (χ1n) is 6.82. The van der Waals surface area contributed by atoms with Crippen molar-refractivity contribution < 1.29 is 24.2 Å². The molecule has 2 atom stereocenters. The van der Waals surface area contributed by atoms with Crippen LogP contribution in [0, 0.1) is 5.41 Å². The Morgan fingerprint density at radius 2 is 1.90 bits per heavy atom. The molecule has 0 aromatic rings. The lowest BCUT2D eigenvalue weighted by atomic mass is 9.54. The largest absolute Gasteiger partial charge is 0.479 e. The van der Waals surface area contributed by atoms with Crippen molar-refractivity contribution in [2.45, 2.75) is 65.2 Å². The van der Waals surface area contributed by atoms with Gasteiger partial charge in [0.25, 0.3) is 0 Å². The van der Waals surface area contributed by atoms with Crippen molar-refractivity contribution in [1.82, 2.24) is 5.32 Å². The molecule has 0 aromatic heterocycles. The van der Waals surface area contributed by atoms with Crippen molar-refractivity contribution in [3.05, 3.63) is 0 Å². The summed E-state index contributed by atoms with van der Waals surface area (Å²) in [5.41, 5.74) is -2.72. The molecule has 0 radical (unpaired) electrons. The quantitative estimate of drug-likeness (QED) is 0.827. The van der Waals surface area contributed by atoms with E-state index in [1.54, 1.807) is 34.6 Å². The Morgan fingerprint density at radius 3 is 2.25 bits per heavy atom. The second kappa shape index (κ2) is 5.24. The highest BCUT2D eigenvalue weighted by atomic mass is 16.6. The number of aliphatic carboxylic acids is 1. The molecule has 1 fully saturated rings. The number of carboxylic acid groups (broad SMARTS) is 1. The van der Waals surface area contributed by atoms with Crippen LogP contribution in [-0.2, 0) is 14.3 Å². The van der Waals surface area contributed by atoms with Gasteiger partial charge in [0.2, 0.25) is 0 Å². The molecular weight excluding hydrogens is 262 g/mol. The lowest BCUT2D eigenvalue weighted by molar-refractivity contribution is -0.191. The Hall–Kier alpha value is -1.30. The molecule has 0 aliphatic heterocycles. The molecule has 6 nitrogen and oxygen atoms in total. The molecule has 1 aliphatic carbocycles. The van der Waals surface area contributed by atoms with E-state index in [1.165, 1.54) is 0 Å². The van der Waals surface area contributed by atoms with Crippen LogP contribution in [0.1, 0.15) is 48.0 Å². The monoisotopic (exact) mass is 287 g/mol. The van der Waals surface area contributed by atoms with E-state index in [4.69, 9.17) is 9.47 Å². The minimum Gasteiger partial charge on any atom is -0.479 e. The lowest BCUT2D eigenvalue weighted by Gasteiger charge is -2.58. The van der Waals surface area contributed by atoms with Gasteiger partial charge in [-0.15, -0.1) is 0 Å². The molecule has 20 heavy (non-hydrogen) atoms. The van der Waals surface area contributed by atoms with Gasteiger partial charge in [0.15, 0.2) is 5.54 Å². The van der Waals surface area contributed by atoms with E-state index in [9.17, 15) is 14.7 Å². The number of alkyl carbamates (subject to hydrolysis) is 1. The topological polar surface area (TPSA) is 84.9 Å². The van der Waals surface area contributed by atoms with Gasteiger partial charge in [-0.25, -0.2) is 9.59 Å². The van der Waals surface area contributed by atoms with Crippen LogP contribution in [0.5, 0.6) is 0 Å². The SMILES string of the molecule is CCO[C@@H]1C[C@](NC(=O)OC(C)(C)C)(C(=O)O)C1(C)C. The zero-order valence-electron chi connectivity index (χ0n) is 13.1. The number of carbonyl (C=O) groups excluding carboxylic acids is 1. The molecule has 0 spiro atoms. The fourth-order valence-electron chi connectivity index (χ4n) is 2.51. The van der Waals surface area contributed by atoms with Crippen molar-refractivity contribution >= 4 is 12.1 Å². The van der Waals surface area contributed by atoms with Gasteiger partial charge < -0.3 is 19.9 Å². The molecule has 1 aliphatic rings. The second-order valence-corrected chi connectivity index (χ2v) is 6.71. The van der Waals surface area contributed by atoms with Gasteiger partial charge in [-0.1, -0.05) is 13.8 Å². The van der Waals surface area contributed by atoms with Gasteiger partial charge in [-0.05, 0) is 27.7 Å². The maximum absolute atomic E-state index is 11.9. The van der Waals surface area contributed by atoms with Crippen LogP contribution < -0.4 is 5.32 Å². The van der Waals surface area contributed by atoms with Crippen LogP contribution in [0.25, 0.3) is 0 Å². The van der Waals surface area contributed by atoms with Crippen molar-refractivity contribution in [3.8, 4) is 0 Å². The average Bonchev–Trinajstić information content (AvgIpc) is 2.24. The molecular formula is C14H25NO5. The molecule has 116 valence electrons. The Kier molecular flexibility index (Phi) is 4.39. The number of carboxylic acids is 1. The van der Waals surface area contributed by atoms with Crippen LogP contribution >= 0.6 is 0 Å². The number of hydrogen-bond donors (Lipinski definition) is 2. The highest BCUT2D eigenvalue weighted by Crippen LogP contribution is 2.51. The Labute approximate surface area is 119 Å². The predicted octanol–water partition coefficient (Wildman–Crippen LogP) is 2.17. The molecule has 1 amide bonds. The minimum atomic E-state index is -1.35. The summed E-state index contributed by atoms with van der Waals surface area (Å²) in [6.45, 7) is 11.1. The number of carbonyl (C=O) groups is 2. The van der Waals surface area contributed by atoms with Gasteiger partial charge in [-0.3, -0.25) is 0 Å². The predicted molar refractivity (Wildman–Crippen MR) is 73.5 cm³/mol. The summed E-state index contributed by atoms with van der Waals surface area (Å²) in [6, 6.07) is 0. The second-order valence-electron chi connectivity index (χ2n) is 6.71. The number of nitrogens with one attached hydrogen (secondary N) is 1. The van der Waals surface area contributed by atoms with Gasteiger partial charge in [0.1, 0.15) is 5.60 Å². The van der Waals surface area contributed by atoms with Crippen molar-refractivity contribution in [2.75, 3.05) is 6.61 Å². The number of amides is 1. The molecule has 1 saturated carbocycles. The average molecular weight is 287 g/mol. The first kappa shape index (κ1) is 16.8. The van der Waals surface area contributed by atoms with Gasteiger partial charge in [-0.2, -0.15) is 0 Å². The van der Waals surface area contributed by atoms with E-state index in [1.807, 2.05) is 6.92 Å². The maximum Gasteiger partial charge on any atom is 0.408 e. The fraction of sp³-hybridized carbons (Fsp3) is 0.857. The Balaban J connectivity index is 2.87. The summed E-state index contributed by atoms with van der Waals surface area (Å²) in [5, 5.41) is 12.1. The third-order valence-corrected chi connectivity index (χ3v) is 3.84. The summed E-state index contributed by atoms with van der Waals surface area (Å²) >= 11 is 0. The van der Waals surface area contributed by atoms with Crippen molar-refractivity contribution in [2.24, 2.45) is 5.41 Å². The van der Waals surface area contributed by atoms with Crippen LogP contribution in [-0.4, -0.2) is 41.0 Å². The molecule has 0 aromatic carbocycles. The first-order chi connectivity index (χ1) is 8.96. The summed E-state index contributed by atoms with van der Waals surface area (Å²) in [7, 11) is 0. The zero-order chi connectivity index (χ0) is 15.8. The standard InChI is InChI=1S/C14H25NO5/c1-7-19-9-8-14(10(16)17,13(9,5)6)15-11(18)20-12(2,3)4/h9H,7-8H2,1-6H3,(H,15,18)(H,16,17)/t9-,14+/m1/s1. The normalized spacial score (nSPS) is 28.4. The molecule has 2 N–H and O–H groups in total. The summed E-state index contributed by atoms with van der Waals surface area (Å²) in [6.07, 6.45) is -0.677. The van der Waals surface area contributed by atoms with E-state index >= 15 is 0 Å². The lowest BCUT2D eigenvalue weighted by Crippen LogP contribution is -2.76. The van der Waals surface area contributed by atoms with Crippen LogP contribution in [0.15, 0.2) is 0 Å². The van der Waals surface area contributed by atoms with E-state index < -0.39 is 28.6 Å². The van der Waals surface area contributed by atoms with E-state index in [0.717, 1.165) is 0 Å². The first-order valence-corrected chi connectivity index (χ1v) is 6.82. The van der Waals surface area contributed by atoms with Gasteiger partial charge in [0, 0.05) is 18.4 Å². The maximum atomic E-state index is 11.9. The Bertz CT molecular complexity index is 399. The number of ether oxygens (including phenoxy) is 2. The fourth-order valence-corrected chi connectivity index (χ4v) is 2.51. The van der Waals surface area contributed by atoms with E-state index in [0.29, 0.717) is 6.61 Å². The van der Waals surface area contributed by atoms with Crippen molar-refractivity contribution in [3.63, 3.8) is 0 Å². The third kappa shape index (κ3) is 2.90. The smallest absolute Gasteiger partial charge is 0.408 e. The molecule has 0 bridgehead atoms. The van der Waals surface area contributed by atoms with E-state index in [2.05, 4.69) is 5.32 Å². The Morgan fingerprint density at radius 1 is 1.35 bits per heavy atom. The van der Waals surface area contributed by atoms with Crippen LogP contribution in [0.3, 0.4) is 0 Å². The molecule has 1 rings (SSSR count). The summed E-state index contributed by atoms with van der Waals surface area (Å²) in [4.78, 5) is 23.5. The molecule has 0 unspecified atom stereocenters. The number of rotatable bonds is 4. The van der Waals surface area contributed by atoms with Crippen LogP contribution in [0.2, 0.25) is 0 Å². The van der Waals surface area contributed by atoms with Crippen molar-refractivity contribution in [1.29, 1.82) is 0 Å². The van der Waals surface area contributed by atoms with Gasteiger partial charge in [0.05, 0.1) is 6.10 Å². The van der Waals surface area contributed by atoms with Gasteiger partial charge >= 0.3 is 12.1 Å². The zero-order valence-corrected chi connectivity index (χ0v) is 13.1. The summed E-state index contributed by atoms with van der Waals surface area (Å²) in [5.74, 6) is -1.07.